The molecule has 1 saturated carbocycles. The Morgan fingerprint density at radius 2 is 2.10 bits per heavy atom. The average Bonchev–Trinajstić information content (AvgIpc) is 3.35. The molecule has 4 rings (SSSR count). The number of rotatable bonds is 6. The van der Waals surface area contributed by atoms with Crippen LogP contribution in [0.2, 0.25) is 5.02 Å². The Hall–Kier alpha value is -2.39. The smallest absolute Gasteiger partial charge is 0.326 e. The quantitative estimate of drug-likeness (QED) is 0.698. The summed E-state index contributed by atoms with van der Waals surface area (Å²) in [4.78, 5) is 33.1. The molecular weight excluding hydrogens is 443 g/mol. The van der Waals surface area contributed by atoms with E-state index in [1.165, 1.54) is 23.5 Å². The van der Waals surface area contributed by atoms with Crippen molar-refractivity contribution < 1.29 is 18.7 Å². The summed E-state index contributed by atoms with van der Waals surface area (Å²) < 4.78 is 18.8. The minimum atomic E-state index is -0.585. The van der Waals surface area contributed by atoms with E-state index in [9.17, 15) is 14.0 Å². The molecule has 2 aliphatic rings. The van der Waals surface area contributed by atoms with Gasteiger partial charge in [0, 0.05) is 36.6 Å². The zero-order chi connectivity index (χ0) is 22.0. The molecule has 10 heteroatoms. The van der Waals surface area contributed by atoms with E-state index >= 15 is 0 Å². The van der Waals surface area contributed by atoms with Gasteiger partial charge in [0.25, 0.3) is 5.91 Å². The summed E-state index contributed by atoms with van der Waals surface area (Å²) in [5.41, 5.74) is 0.924. The molecule has 1 aromatic heterocycles. The fraction of sp³-hybridized carbons (Fsp3) is 0.476. The number of thiazole rings is 1. The Balaban J connectivity index is 1.22. The zero-order valence-corrected chi connectivity index (χ0v) is 18.7. The van der Waals surface area contributed by atoms with Gasteiger partial charge in [0.15, 0.2) is 11.7 Å². The maximum Gasteiger partial charge on any atom is 0.326 e. The predicted molar refractivity (Wildman–Crippen MR) is 117 cm³/mol. The number of amides is 3. The van der Waals surface area contributed by atoms with Crippen LogP contribution in [0.15, 0.2) is 23.6 Å². The third kappa shape index (κ3) is 5.10. The van der Waals surface area contributed by atoms with Crippen molar-refractivity contribution in [3.63, 3.8) is 0 Å². The minimum Gasteiger partial charge on any atom is -0.484 e. The highest BCUT2D eigenvalue weighted by Gasteiger charge is 2.37. The first kappa shape index (κ1) is 21.8. The van der Waals surface area contributed by atoms with Gasteiger partial charge >= 0.3 is 6.03 Å². The molecule has 166 valence electrons. The summed E-state index contributed by atoms with van der Waals surface area (Å²) in [7, 11) is 0. The molecule has 3 amide bonds. The number of anilines is 1. The van der Waals surface area contributed by atoms with Crippen LogP contribution in [-0.2, 0) is 4.79 Å². The van der Waals surface area contributed by atoms with Crippen LogP contribution in [0.5, 0.6) is 5.75 Å². The molecule has 1 N–H and O–H groups in total. The third-order valence-electron chi connectivity index (χ3n) is 5.64. The highest BCUT2D eigenvalue weighted by molar-refractivity contribution is 7.14. The molecule has 0 unspecified atom stereocenters. The van der Waals surface area contributed by atoms with E-state index in [0.717, 1.165) is 42.6 Å². The molecule has 2 heterocycles. The van der Waals surface area contributed by atoms with Gasteiger partial charge in [-0.25, -0.2) is 14.2 Å². The molecule has 31 heavy (non-hydrogen) atoms. The van der Waals surface area contributed by atoms with Crippen LogP contribution in [0.1, 0.15) is 31.4 Å². The Morgan fingerprint density at radius 1 is 1.32 bits per heavy atom. The number of ether oxygens (including phenoxy) is 1. The number of carbonyl (C=O) groups is 2. The highest BCUT2D eigenvalue weighted by Crippen LogP contribution is 2.30. The molecule has 2 fully saturated rings. The standard InChI is InChI=1S/C21H24ClFN4O3S/c1-13-12-31-20(24-13)27-9-8-26(21(27)29)15-4-2-14(3-5-15)25-19(28)11-30-16-6-7-17(22)18(23)10-16/h6-7,10,12,14-15H,2-5,8-9,11H2,1H3,(H,25,28)/t14-,15-. The molecule has 0 spiro atoms. The van der Waals surface area contributed by atoms with Gasteiger partial charge < -0.3 is 15.0 Å². The van der Waals surface area contributed by atoms with E-state index in [0.29, 0.717) is 13.1 Å². The van der Waals surface area contributed by atoms with Crippen LogP contribution in [0, 0.1) is 12.7 Å². The lowest BCUT2D eigenvalue weighted by Gasteiger charge is -2.34. The van der Waals surface area contributed by atoms with Gasteiger partial charge in [0.2, 0.25) is 0 Å². The Bertz CT molecular complexity index is 964. The molecule has 0 radical (unpaired) electrons. The van der Waals surface area contributed by atoms with Crippen molar-refractivity contribution in [2.45, 2.75) is 44.7 Å². The summed E-state index contributed by atoms with van der Waals surface area (Å²) in [6, 6.07) is 4.31. The lowest BCUT2D eigenvalue weighted by molar-refractivity contribution is -0.124. The number of aromatic nitrogens is 1. The van der Waals surface area contributed by atoms with E-state index in [1.54, 1.807) is 4.90 Å². The summed E-state index contributed by atoms with van der Waals surface area (Å²) >= 11 is 7.13. The number of aryl methyl sites for hydroxylation is 1. The van der Waals surface area contributed by atoms with E-state index in [1.807, 2.05) is 17.2 Å². The van der Waals surface area contributed by atoms with Gasteiger partial charge in [-0.2, -0.15) is 0 Å². The van der Waals surface area contributed by atoms with Gasteiger partial charge in [-0.05, 0) is 44.7 Å². The van der Waals surface area contributed by atoms with E-state index in [2.05, 4.69) is 10.3 Å². The lowest BCUT2D eigenvalue weighted by Crippen LogP contribution is -2.46. The second-order valence-electron chi connectivity index (χ2n) is 7.84. The van der Waals surface area contributed by atoms with Gasteiger partial charge in [0.1, 0.15) is 11.6 Å². The monoisotopic (exact) mass is 466 g/mol. The number of halogens is 2. The van der Waals surface area contributed by atoms with Gasteiger partial charge in [-0.3, -0.25) is 9.69 Å². The second kappa shape index (κ2) is 9.40. The second-order valence-corrected chi connectivity index (χ2v) is 9.08. The number of nitrogens with one attached hydrogen (secondary N) is 1. The van der Waals surface area contributed by atoms with Crippen molar-refractivity contribution in [2.24, 2.45) is 0 Å². The number of nitrogens with zero attached hydrogens (tertiary/aromatic N) is 3. The SMILES string of the molecule is Cc1csc(N2CCN([C@H]3CC[C@H](NC(=O)COc4ccc(Cl)c(F)c4)CC3)C2=O)n1. The van der Waals surface area contributed by atoms with Crippen molar-refractivity contribution in [3.05, 3.63) is 40.1 Å². The molecule has 1 aliphatic heterocycles. The van der Waals surface area contributed by atoms with Crippen LogP contribution < -0.4 is 15.0 Å². The van der Waals surface area contributed by atoms with E-state index in [-0.39, 0.29) is 41.4 Å². The molecule has 7 nitrogen and oxygen atoms in total. The fourth-order valence-corrected chi connectivity index (χ4v) is 4.99. The zero-order valence-electron chi connectivity index (χ0n) is 17.1. The Kier molecular flexibility index (Phi) is 6.62. The van der Waals surface area contributed by atoms with Crippen LogP contribution >= 0.6 is 22.9 Å². The largest absolute Gasteiger partial charge is 0.484 e. The van der Waals surface area contributed by atoms with Crippen LogP contribution in [0.25, 0.3) is 0 Å². The molecule has 1 saturated heterocycles. The number of hydrogen-bond acceptors (Lipinski definition) is 5. The first-order chi connectivity index (χ1) is 14.9. The minimum absolute atomic E-state index is 0.00920. The van der Waals surface area contributed by atoms with Gasteiger partial charge in [0.05, 0.1) is 10.7 Å². The van der Waals surface area contributed by atoms with Crippen molar-refractivity contribution >= 4 is 40.0 Å². The topological polar surface area (TPSA) is 74.8 Å². The highest BCUT2D eigenvalue weighted by atomic mass is 35.5. The van der Waals surface area contributed by atoms with E-state index < -0.39 is 5.82 Å². The van der Waals surface area contributed by atoms with Crippen LogP contribution in [-0.4, -0.2) is 53.6 Å². The van der Waals surface area contributed by atoms with Gasteiger partial charge in [-0.15, -0.1) is 11.3 Å². The molecule has 2 aromatic rings. The van der Waals surface area contributed by atoms with Crippen LogP contribution in [0.3, 0.4) is 0 Å². The third-order valence-corrected chi connectivity index (χ3v) is 6.93. The molecule has 1 aliphatic carbocycles. The average molecular weight is 467 g/mol. The Labute approximate surface area is 189 Å². The first-order valence-electron chi connectivity index (χ1n) is 10.3. The summed E-state index contributed by atoms with van der Waals surface area (Å²) in [5, 5.41) is 5.68. The fourth-order valence-electron chi connectivity index (χ4n) is 4.05. The molecule has 1 aromatic carbocycles. The van der Waals surface area contributed by atoms with E-state index in [4.69, 9.17) is 16.3 Å². The van der Waals surface area contributed by atoms with Gasteiger partial charge in [-0.1, -0.05) is 11.6 Å². The summed E-state index contributed by atoms with van der Waals surface area (Å²) in [6.45, 7) is 3.09. The maximum absolute atomic E-state index is 13.4. The molecule has 0 bridgehead atoms. The summed E-state index contributed by atoms with van der Waals surface area (Å²) in [5.74, 6) is -0.576. The number of carbonyl (C=O) groups excluding carboxylic acids is 2. The van der Waals surface area contributed by atoms with Crippen molar-refractivity contribution in [2.75, 3.05) is 24.6 Å². The number of urea groups is 1. The molecule has 0 atom stereocenters. The number of benzene rings is 1. The summed E-state index contributed by atoms with van der Waals surface area (Å²) in [6.07, 6.45) is 3.27. The number of hydrogen-bond donors (Lipinski definition) is 1. The Morgan fingerprint density at radius 3 is 2.77 bits per heavy atom. The van der Waals surface area contributed by atoms with Crippen molar-refractivity contribution in [1.82, 2.24) is 15.2 Å². The predicted octanol–water partition coefficient (Wildman–Crippen LogP) is 3.99. The molecular formula is C21H24ClFN4O3S. The maximum atomic E-state index is 13.4. The normalized spacial score (nSPS) is 21.5. The lowest BCUT2D eigenvalue weighted by atomic mass is 9.90. The van der Waals surface area contributed by atoms with Crippen LogP contribution in [0.4, 0.5) is 14.3 Å². The first-order valence-corrected chi connectivity index (χ1v) is 11.5. The van der Waals surface area contributed by atoms with Crippen molar-refractivity contribution in [3.8, 4) is 5.75 Å². The van der Waals surface area contributed by atoms with Crippen molar-refractivity contribution in [1.29, 1.82) is 0 Å².